The molecule has 2 aromatic carbocycles. The van der Waals surface area contributed by atoms with Crippen LogP contribution in [0.15, 0.2) is 47.6 Å². The van der Waals surface area contributed by atoms with Crippen LogP contribution < -0.4 is 0 Å². The minimum Gasteiger partial charge on any atom is -0.341 e. The molecule has 1 amide bonds. The van der Waals surface area contributed by atoms with Gasteiger partial charge in [-0.2, -0.15) is 4.68 Å². The molecule has 3 rings (SSSR count). The highest BCUT2D eigenvalue weighted by atomic mass is 35.5. The van der Waals surface area contributed by atoms with E-state index in [1.807, 2.05) is 49.4 Å². The van der Waals surface area contributed by atoms with E-state index < -0.39 is 0 Å². The molecular formula is C19H20ClN5OS. The van der Waals surface area contributed by atoms with Gasteiger partial charge in [0.15, 0.2) is 0 Å². The van der Waals surface area contributed by atoms with E-state index in [1.54, 1.807) is 16.6 Å². The lowest BCUT2D eigenvalue weighted by atomic mass is 10.1. The average molecular weight is 402 g/mol. The lowest BCUT2D eigenvalue weighted by molar-refractivity contribution is -0.127. The van der Waals surface area contributed by atoms with Crippen LogP contribution in [0.3, 0.4) is 0 Å². The number of aryl methyl sites for hydroxylation is 2. The number of carbonyl (C=O) groups excluding carboxylic acids is 1. The topological polar surface area (TPSA) is 63.9 Å². The number of rotatable bonds is 6. The molecule has 0 atom stereocenters. The monoisotopic (exact) mass is 401 g/mol. The molecule has 8 heteroatoms. The first-order chi connectivity index (χ1) is 12.9. The first kappa shape index (κ1) is 19.4. The molecule has 6 nitrogen and oxygen atoms in total. The number of halogens is 1. The Morgan fingerprint density at radius 2 is 2.00 bits per heavy atom. The molecule has 0 spiro atoms. The normalized spacial score (nSPS) is 10.8. The number of thioether (sulfide) groups is 1. The number of hydrogen-bond acceptors (Lipinski definition) is 5. The Kier molecular flexibility index (Phi) is 6.13. The summed E-state index contributed by atoms with van der Waals surface area (Å²) in [5.74, 6) is 0.247. The summed E-state index contributed by atoms with van der Waals surface area (Å²) in [6, 6.07) is 13.5. The van der Waals surface area contributed by atoms with Gasteiger partial charge in [-0.15, -0.1) is 5.10 Å². The number of hydrogen-bond donors (Lipinski definition) is 0. The number of amides is 1. The minimum atomic E-state index is -0.00499. The van der Waals surface area contributed by atoms with Crippen LogP contribution in [0.5, 0.6) is 0 Å². The van der Waals surface area contributed by atoms with Gasteiger partial charge in [0, 0.05) is 18.6 Å². The highest BCUT2D eigenvalue weighted by Gasteiger charge is 2.15. The molecule has 27 heavy (non-hydrogen) atoms. The second-order valence-corrected chi connectivity index (χ2v) is 7.69. The number of carbonyl (C=O) groups is 1. The molecule has 0 N–H and O–H groups in total. The predicted molar refractivity (Wildman–Crippen MR) is 107 cm³/mol. The fourth-order valence-corrected chi connectivity index (χ4v) is 3.57. The second kappa shape index (κ2) is 8.54. The smallest absolute Gasteiger partial charge is 0.233 e. The summed E-state index contributed by atoms with van der Waals surface area (Å²) in [6.45, 7) is 4.61. The summed E-state index contributed by atoms with van der Waals surface area (Å²) in [4.78, 5) is 14.1. The Morgan fingerprint density at radius 3 is 2.74 bits per heavy atom. The zero-order valence-electron chi connectivity index (χ0n) is 15.4. The van der Waals surface area contributed by atoms with Gasteiger partial charge < -0.3 is 4.90 Å². The van der Waals surface area contributed by atoms with Gasteiger partial charge in [0.05, 0.1) is 11.4 Å². The molecular weight excluding hydrogens is 382 g/mol. The fourth-order valence-electron chi connectivity index (χ4n) is 2.52. The summed E-state index contributed by atoms with van der Waals surface area (Å²) in [7, 11) is 1.77. The molecule has 0 bridgehead atoms. The summed E-state index contributed by atoms with van der Waals surface area (Å²) in [5, 5.41) is 13.1. The predicted octanol–water partition coefficient (Wildman–Crippen LogP) is 3.68. The number of tetrazole rings is 1. The van der Waals surface area contributed by atoms with Gasteiger partial charge in [0.2, 0.25) is 11.1 Å². The third kappa shape index (κ3) is 4.87. The van der Waals surface area contributed by atoms with Crippen molar-refractivity contribution in [1.82, 2.24) is 25.1 Å². The molecule has 0 saturated carbocycles. The van der Waals surface area contributed by atoms with Crippen LogP contribution in [0.2, 0.25) is 5.02 Å². The maximum atomic E-state index is 12.5. The molecule has 140 valence electrons. The number of aromatic nitrogens is 4. The molecule has 0 aliphatic heterocycles. The summed E-state index contributed by atoms with van der Waals surface area (Å²) in [5.41, 5.74) is 4.24. The van der Waals surface area contributed by atoms with Crippen LogP contribution in [0.1, 0.15) is 16.7 Å². The third-order valence-corrected chi connectivity index (χ3v) is 5.37. The molecule has 0 aliphatic rings. The summed E-state index contributed by atoms with van der Waals surface area (Å²) in [6.07, 6.45) is 0. The van der Waals surface area contributed by atoms with Crippen molar-refractivity contribution in [2.75, 3.05) is 12.8 Å². The van der Waals surface area contributed by atoms with Gasteiger partial charge >= 0.3 is 0 Å². The quantitative estimate of drug-likeness (QED) is 0.589. The highest BCUT2D eigenvalue weighted by Crippen LogP contribution is 2.21. The molecule has 3 aromatic rings. The maximum absolute atomic E-state index is 12.5. The van der Waals surface area contributed by atoms with E-state index in [0.29, 0.717) is 16.7 Å². The Bertz CT molecular complexity index is 959. The molecule has 0 radical (unpaired) electrons. The lowest BCUT2D eigenvalue weighted by Crippen LogP contribution is -2.27. The van der Waals surface area contributed by atoms with E-state index in [2.05, 4.69) is 22.4 Å². The third-order valence-electron chi connectivity index (χ3n) is 4.24. The van der Waals surface area contributed by atoms with E-state index in [9.17, 15) is 4.79 Å². The van der Waals surface area contributed by atoms with Crippen molar-refractivity contribution < 1.29 is 4.79 Å². The number of nitrogens with zero attached hydrogens (tertiary/aromatic N) is 5. The zero-order chi connectivity index (χ0) is 19.4. The van der Waals surface area contributed by atoms with Gasteiger partial charge in [-0.3, -0.25) is 4.79 Å². The average Bonchev–Trinajstić information content (AvgIpc) is 3.10. The summed E-state index contributed by atoms with van der Waals surface area (Å²) >= 11 is 7.32. The van der Waals surface area contributed by atoms with Crippen LogP contribution in [0, 0.1) is 13.8 Å². The largest absolute Gasteiger partial charge is 0.341 e. The van der Waals surface area contributed by atoms with Gasteiger partial charge in [-0.25, -0.2) is 0 Å². The molecule has 1 heterocycles. The Balaban J connectivity index is 1.64. The van der Waals surface area contributed by atoms with Crippen LogP contribution >= 0.6 is 23.4 Å². The van der Waals surface area contributed by atoms with Crippen LogP contribution in [0.25, 0.3) is 5.69 Å². The van der Waals surface area contributed by atoms with Crippen molar-refractivity contribution in [3.63, 3.8) is 0 Å². The van der Waals surface area contributed by atoms with E-state index in [0.717, 1.165) is 16.8 Å². The van der Waals surface area contributed by atoms with Crippen LogP contribution in [0.4, 0.5) is 0 Å². The van der Waals surface area contributed by atoms with E-state index >= 15 is 0 Å². The Hall–Kier alpha value is -2.38. The standard InChI is InChI=1S/C19H20ClN5OS/c1-13-7-8-17(9-14(13)2)25-19(21-22-23-25)27-12-18(26)24(3)11-15-5-4-6-16(20)10-15/h4-10H,11-12H2,1-3H3. The molecule has 1 aromatic heterocycles. The molecule has 0 aliphatic carbocycles. The first-order valence-corrected chi connectivity index (χ1v) is 9.77. The number of benzene rings is 2. The summed E-state index contributed by atoms with van der Waals surface area (Å²) < 4.78 is 1.65. The molecule has 0 unspecified atom stereocenters. The van der Waals surface area contributed by atoms with Gasteiger partial charge in [0.1, 0.15) is 0 Å². The Labute approximate surface area is 167 Å². The van der Waals surface area contributed by atoms with Crippen molar-refractivity contribution in [3.8, 4) is 5.69 Å². The molecule has 0 saturated heterocycles. The van der Waals surface area contributed by atoms with Crippen molar-refractivity contribution in [2.45, 2.75) is 25.5 Å². The zero-order valence-corrected chi connectivity index (χ0v) is 17.0. The Morgan fingerprint density at radius 1 is 1.19 bits per heavy atom. The van der Waals surface area contributed by atoms with Crippen molar-refractivity contribution >= 4 is 29.3 Å². The van der Waals surface area contributed by atoms with E-state index in [-0.39, 0.29) is 11.7 Å². The fraction of sp³-hybridized carbons (Fsp3) is 0.263. The maximum Gasteiger partial charge on any atom is 0.233 e. The van der Waals surface area contributed by atoms with Crippen molar-refractivity contribution in [2.24, 2.45) is 0 Å². The van der Waals surface area contributed by atoms with Gasteiger partial charge in [0.25, 0.3) is 0 Å². The highest BCUT2D eigenvalue weighted by molar-refractivity contribution is 7.99. The van der Waals surface area contributed by atoms with Gasteiger partial charge in [-0.05, 0) is 65.2 Å². The lowest BCUT2D eigenvalue weighted by Gasteiger charge is -2.17. The van der Waals surface area contributed by atoms with E-state index in [4.69, 9.17) is 11.6 Å². The second-order valence-electron chi connectivity index (χ2n) is 6.31. The first-order valence-electron chi connectivity index (χ1n) is 8.41. The minimum absolute atomic E-state index is 0.00499. The van der Waals surface area contributed by atoms with E-state index in [1.165, 1.54) is 17.3 Å². The van der Waals surface area contributed by atoms with Crippen LogP contribution in [-0.2, 0) is 11.3 Å². The SMILES string of the molecule is Cc1ccc(-n2nnnc2SCC(=O)N(C)Cc2cccc(Cl)c2)cc1C. The van der Waals surface area contributed by atoms with Crippen molar-refractivity contribution in [3.05, 3.63) is 64.2 Å². The molecule has 0 fully saturated rings. The van der Waals surface area contributed by atoms with Crippen molar-refractivity contribution in [1.29, 1.82) is 0 Å². The van der Waals surface area contributed by atoms with Crippen LogP contribution in [-0.4, -0.2) is 43.8 Å². The van der Waals surface area contributed by atoms with Gasteiger partial charge in [-0.1, -0.05) is 41.6 Å².